The van der Waals surface area contributed by atoms with Crippen molar-refractivity contribution in [1.29, 1.82) is 0 Å². The Kier molecular flexibility index (Phi) is 8.74. The Labute approximate surface area is 258 Å². The highest BCUT2D eigenvalue weighted by Crippen LogP contribution is 2.33. The lowest BCUT2D eigenvalue weighted by molar-refractivity contribution is 0.0702. The number of likely N-dealkylation sites (tertiary alicyclic amines) is 1. The van der Waals surface area contributed by atoms with Crippen LogP contribution in [0.25, 0.3) is 10.1 Å². The van der Waals surface area contributed by atoms with Gasteiger partial charge >= 0.3 is 5.97 Å². The van der Waals surface area contributed by atoms with Gasteiger partial charge in [0.05, 0.1) is 6.33 Å². The number of aromatic nitrogens is 3. The number of aromatic carboxylic acids is 1. The lowest BCUT2D eigenvalue weighted by Crippen LogP contribution is -2.33. The van der Waals surface area contributed by atoms with Crippen molar-refractivity contribution < 1.29 is 19.0 Å². The molecule has 0 amide bonds. The van der Waals surface area contributed by atoms with Crippen LogP contribution in [0.2, 0.25) is 5.02 Å². The van der Waals surface area contributed by atoms with E-state index in [1.807, 2.05) is 24.7 Å². The number of hydrogen-bond donors (Lipinski definition) is 1. The molecule has 1 N–H and O–H groups in total. The lowest BCUT2D eigenvalue weighted by Gasteiger charge is -2.32. The van der Waals surface area contributed by atoms with Gasteiger partial charge in [-0.2, -0.15) is 0 Å². The average molecular weight is 619 g/mol. The largest absolute Gasteiger partial charge is 0.477 e. The normalized spacial score (nSPS) is 14.4. The summed E-state index contributed by atoms with van der Waals surface area (Å²) in [6.07, 6.45) is 6.44. The summed E-state index contributed by atoms with van der Waals surface area (Å²) in [6.45, 7) is 5.67. The van der Waals surface area contributed by atoms with Gasteiger partial charge in [-0.05, 0) is 85.8 Å². The van der Waals surface area contributed by atoms with Crippen LogP contribution in [0.1, 0.15) is 63.4 Å². The second-order valence-corrected chi connectivity index (χ2v) is 12.4. The molecule has 0 bridgehead atoms. The second kappa shape index (κ2) is 12.8. The molecule has 1 aliphatic rings. The molecule has 0 unspecified atom stereocenters. The van der Waals surface area contributed by atoms with Crippen molar-refractivity contribution in [3.63, 3.8) is 0 Å². The molecule has 0 saturated carbocycles. The molecular weight excluding hydrogens is 587 g/mol. The quantitative estimate of drug-likeness (QED) is 0.174. The van der Waals surface area contributed by atoms with Crippen LogP contribution >= 0.6 is 22.9 Å². The SMILES string of the molecule is CCn1cncc1Cc1cc2sc(C(=O)O)cc2cc1CN1CCC(c2cccc(OCc3ccc(Cl)cc3F)n2)CC1. The van der Waals surface area contributed by atoms with E-state index in [0.29, 0.717) is 27.3 Å². The number of pyridine rings is 1. The van der Waals surface area contributed by atoms with Gasteiger partial charge in [0, 0.05) is 64.4 Å². The fourth-order valence-electron chi connectivity index (χ4n) is 5.73. The zero-order valence-corrected chi connectivity index (χ0v) is 25.4. The number of carboxylic acid groups (broad SMARTS) is 1. The molecule has 1 fully saturated rings. The first kappa shape index (κ1) is 29.3. The summed E-state index contributed by atoms with van der Waals surface area (Å²) in [7, 11) is 0. The van der Waals surface area contributed by atoms with Crippen molar-refractivity contribution in [2.24, 2.45) is 0 Å². The van der Waals surface area contributed by atoms with E-state index in [4.69, 9.17) is 21.3 Å². The Morgan fingerprint density at radius 1 is 1.12 bits per heavy atom. The summed E-state index contributed by atoms with van der Waals surface area (Å²) in [5.41, 5.74) is 4.98. The minimum absolute atomic E-state index is 0.0850. The molecule has 1 aliphatic heterocycles. The third-order valence-corrected chi connectivity index (χ3v) is 9.42. The number of ether oxygens (including phenoxy) is 1. The number of fused-ring (bicyclic) bond motifs is 1. The van der Waals surface area contributed by atoms with Crippen LogP contribution in [0.15, 0.2) is 67.1 Å². The number of halogens is 2. The topological polar surface area (TPSA) is 80.5 Å². The number of imidazole rings is 1. The van der Waals surface area contributed by atoms with Gasteiger partial charge in [0.25, 0.3) is 0 Å². The molecule has 0 atom stereocenters. The summed E-state index contributed by atoms with van der Waals surface area (Å²) in [6, 6.07) is 16.4. The molecule has 2 aromatic carbocycles. The smallest absolute Gasteiger partial charge is 0.345 e. The fraction of sp³-hybridized carbons (Fsp3) is 0.303. The molecule has 4 heterocycles. The Hall–Kier alpha value is -3.79. The van der Waals surface area contributed by atoms with Crippen LogP contribution in [0.5, 0.6) is 5.88 Å². The minimum atomic E-state index is -0.893. The predicted molar refractivity (Wildman–Crippen MR) is 167 cm³/mol. The molecule has 0 radical (unpaired) electrons. The summed E-state index contributed by atoms with van der Waals surface area (Å²) < 4.78 is 23.1. The minimum Gasteiger partial charge on any atom is -0.477 e. The van der Waals surface area contributed by atoms with Crippen LogP contribution in [0.4, 0.5) is 4.39 Å². The first-order chi connectivity index (χ1) is 20.9. The van der Waals surface area contributed by atoms with Crippen LogP contribution in [-0.4, -0.2) is 43.6 Å². The van der Waals surface area contributed by atoms with Gasteiger partial charge < -0.3 is 14.4 Å². The molecule has 6 rings (SSSR count). The molecule has 10 heteroatoms. The van der Waals surface area contributed by atoms with Gasteiger partial charge in [0.1, 0.15) is 17.3 Å². The molecule has 43 heavy (non-hydrogen) atoms. The number of aryl methyl sites for hydroxylation is 1. The summed E-state index contributed by atoms with van der Waals surface area (Å²) in [5, 5.41) is 10.9. The summed E-state index contributed by atoms with van der Waals surface area (Å²) >= 11 is 7.18. The summed E-state index contributed by atoms with van der Waals surface area (Å²) in [4.78, 5) is 23.6. The Balaban J connectivity index is 1.14. The van der Waals surface area contributed by atoms with Gasteiger partial charge in [-0.1, -0.05) is 23.7 Å². The molecule has 0 aliphatic carbocycles. The molecule has 3 aromatic heterocycles. The van der Waals surface area contributed by atoms with Crippen molar-refractivity contribution >= 4 is 39.0 Å². The van der Waals surface area contributed by atoms with E-state index in [9.17, 15) is 14.3 Å². The molecule has 7 nitrogen and oxygen atoms in total. The van der Waals surface area contributed by atoms with E-state index < -0.39 is 11.8 Å². The van der Waals surface area contributed by atoms with E-state index in [0.717, 1.165) is 66.9 Å². The van der Waals surface area contributed by atoms with E-state index in [-0.39, 0.29) is 6.61 Å². The Bertz CT molecular complexity index is 1760. The second-order valence-electron chi connectivity index (χ2n) is 10.9. The van der Waals surface area contributed by atoms with Crippen molar-refractivity contribution in [2.75, 3.05) is 13.1 Å². The monoisotopic (exact) mass is 618 g/mol. The van der Waals surface area contributed by atoms with Crippen LogP contribution in [0, 0.1) is 5.82 Å². The Morgan fingerprint density at radius 3 is 2.72 bits per heavy atom. The van der Waals surface area contributed by atoms with Gasteiger partial charge in [0.2, 0.25) is 5.88 Å². The van der Waals surface area contributed by atoms with Crippen LogP contribution in [0.3, 0.4) is 0 Å². The maximum absolute atomic E-state index is 14.2. The predicted octanol–water partition coefficient (Wildman–Crippen LogP) is 7.55. The number of rotatable bonds is 10. The van der Waals surface area contributed by atoms with Crippen LogP contribution in [-0.2, 0) is 26.1 Å². The molecule has 222 valence electrons. The number of thiophene rings is 1. The van der Waals surface area contributed by atoms with Gasteiger partial charge in [-0.15, -0.1) is 11.3 Å². The zero-order chi connectivity index (χ0) is 29.9. The highest BCUT2D eigenvalue weighted by molar-refractivity contribution is 7.20. The first-order valence-corrected chi connectivity index (χ1v) is 15.6. The van der Waals surface area contributed by atoms with Gasteiger partial charge in [-0.3, -0.25) is 4.90 Å². The Morgan fingerprint density at radius 2 is 1.95 bits per heavy atom. The summed E-state index contributed by atoms with van der Waals surface area (Å²) in [5.74, 6) is -0.496. The number of hydrogen-bond acceptors (Lipinski definition) is 6. The van der Waals surface area contributed by atoms with Crippen molar-refractivity contribution in [3.05, 3.63) is 111 Å². The van der Waals surface area contributed by atoms with E-state index in [1.165, 1.54) is 28.5 Å². The molecule has 1 saturated heterocycles. The number of benzene rings is 2. The third kappa shape index (κ3) is 6.74. The number of carbonyl (C=O) groups is 1. The zero-order valence-electron chi connectivity index (χ0n) is 23.8. The van der Waals surface area contributed by atoms with E-state index in [1.54, 1.807) is 24.3 Å². The van der Waals surface area contributed by atoms with Crippen molar-refractivity contribution in [3.8, 4) is 5.88 Å². The highest BCUT2D eigenvalue weighted by atomic mass is 35.5. The van der Waals surface area contributed by atoms with E-state index >= 15 is 0 Å². The lowest BCUT2D eigenvalue weighted by atomic mass is 9.92. The first-order valence-electron chi connectivity index (χ1n) is 14.4. The molecule has 5 aromatic rings. The maximum atomic E-state index is 14.2. The highest BCUT2D eigenvalue weighted by Gasteiger charge is 2.23. The van der Waals surface area contributed by atoms with Gasteiger partial charge in [0.15, 0.2) is 0 Å². The third-order valence-electron chi connectivity index (χ3n) is 8.10. The standard InChI is InChI=1S/C33H32ClFN4O3S/c1-2-39-20-36-17-27(39)13-23-14-30-24(15-31(43-30)33(40)41)12-25(23)18-38-10-8-21(9-11-38)29-4-3-5-32(37-29)42-19-22-6-7-26(34)16-28(22)35/h3-7,12,14-17,20-21H,2,8-11,13,18-19H2,1H3,(H,40,41). The molecule has 0 spiro atoms. The van der Waals surface area contributed by atoms with Crippen molar-refractivity contribution in [2.45, 2.75) is 51.8 Å². The van der Waals surface area contributed by atoms with E-state index in [2.05, 4.69) is 33.5 Å². The fourth-order valence-corrected chi connectivity index (χ4v) is 6.83. The number of carboxylic acids is 1. The number of piperidine rings is 1. The molecular formula is C33H32ClFN4O3S. The van der Waals surface area contributed by atoms with Crippen LogP contribution < -0.4 is 4.74 Å². The average Bonchev–Trinajstić information content (AvgIpc) is 3.64. The van der Waals surface area contributed by atoms with Gasteiger partial charge in [-0.25, -0.2) is 19.2 Å². The number of nitrogens with zero attached hydrogens (tertiary/aromatic N) is 4. The maximum Gasteiger partial charge on any atom is 0.345 e. The van der Waals surface area contributed by atoms with Crippen molar-refractivity contribution in [1.82, 2.24) is 19.4 Å².